The molecule has 3 amide bonds. The minimum Gasteiger partial charge on any atom is -0.383 e. The first-order chi connectivity index (χ1) is 15.9. The van der Waals surface area contributed by atoms with Crippen LogP contribution in [-0.2, 0) is 14.4 Å². The lowest BCUT2D eigenvalue weighted by Gasteiger charge is -2.48. The Morgan fingerprint density at radius 3 is 2.35 bits per heavy atom. The minimum atomic E-state index is -0.757. The molecule has 0 bridgehead atoms. The third kappa shape index (κ3) is 5.04. The monoisotopic (exact) mass is 466 g/mol. The van der Waals surface area contributed by atoms with Gasteiger partial charge in [-0.2, -0.15) is 0 Å². The van der Waals surface area contributed by atoms with Gasteiger partial charge in [0.1, 0.15) is 5.82 Å². The van der Waals surface area contributed by atoms with Gasteiger partial charge < -0.3 is 20.9 Å². The van der Waals surface area contributed by atoms with Gasteiger partial charge in [-0.3, -0.25) is 19.3 Å². The van der Waals surface area contributed by atoms with Gasteiger partial charge in [-0.1, -0.05) is 30.3 Å². The van der Waals surface area contributed by atoms with Gasteiger partial charge in [0.15, 0.2) is 0 Å². The Hall–Kier alpha value is -3.46. The fraction of sp³-hybridized carbons (Fsp3) is 0.440. The number of hydrogen-bond donors (Lipinski definition) is 2. The molecule has 9 nitrogen and oxygen atoms in total. The van der Waals surface area contributed by atoms with Crippen molar-refractivity contribution in [3.05, 3.63) is 53.7 Å². The van der Waals surface area contributed by atoms with Crippen molar-refractivity contribution in [3.63, 3.8) is 0 Å². The van der Waals surface area contributed by atoms with E-state index in [0.29, 0.717) is 23.6 Å². The lowest BCUT2D eigenvalue weighted by Crippen LogP contribution is -2.63. The number of nitrogens with one attached hydrogen (secondary N) is 1. The highest BCUT2D eigenvalue weighted by molar-refractivity contribution is 6.39. The molecular formula is C25H34N6O3. The summed E-state index contributed by atoms with van der Waals surface area (Å²) in [6.07, 6.45) is 1.42. The van der Waals surface area contributed by atoms with Crippen LogP contribution >= 0.6 is 0 Å². The second-order valence-electron chi connectivity index (χ2n) is 9.52. The normalized spacial score (nSPS) is 18.7. The summed E-state index contributed by atoms with van der Waals surface area (Å²) in [6, 6.07) is 10.4. The predicted octanol–water partition coefficient (Wildman–Crippen LogP) is 2.05. The van der Waals surface area contributed by atoms with Crippen LogP contribution in [0.1, 0.15) is 37.9 Å². The number of aryl methyl sites for hydroxylation is 1. The molecule has 3 rings (SSSR count). The third-order valence-corrected chi connectivity index (χ3v) is 6.66. The molecule has 1 aliphatic heterocycles. The molecule has 0 unspecified atom stereocenters. The van der Waals surface area contributed by atoms with Crippen molar-refractivity contribution in [3.8, 4) is 0 Å². The van der Waals surface area contributed by atoms with E-state index in [1.807, 2.05) is 75.0 Å². The number of anilines is 2. The number of carbonyl (C=O) groups is 3. The van der Waals surface area contributed by atoms with Crippen molar-refractivity contribution in [1.29, 1.82) is 0 Å². The third-order valence-electron chi connectivity index (χ3n) is 6.66. The second kappa shape index (κ2) is 9.80. The average molecular weight is 467 g/mol. The van der Waals surface area contributed by atoms with E-state index in [2.05, 4.69) is 10.3 Å². The van der Waals surface area contributed by atoms with Gasteiger partial charge in [0.05, 0.1) is 23.5 Å². The summed E-state index contributed by atoms with van der Waals surface area (Å²) in [4.78, 5) is 49.0. The van der Waals surface area contributed by atoms with E-state index in [1.54, 1.807) is 17.9 Å². The zero-order chi connectivity index (χ0) is 25.2. The molecule has 0 radical (unpaired) electrons. The van der Waals surface area contributed by atoms with Crippen LogP contribution in [0.5, 0.6) is 0 Å². The maximum Gasteiger partial charge on any atom is 0.313 e. The van der Waals surface area contributed by atoms with E-state index in [1.165, 1.54) is 6.20 Å². The van der Waals surface area contributed by atoms with E-state index in [4.69, 9.17) is 5.73 Å². The Balaban J connectivity index is 1.88. The zero-order valence-electron chi connectivity index (χ0n) is 20.7. The molecule has 3 N–H and O–H groups in total. The molecule has 1 aliphatic rings. The van der Waals surface area contributed by atoms with Crippen molar-refractivity contribution in [2.24, 2.45) is 0 Å². The Labute approximate surface area is 200 Å². The SMILES string of the molecule is Cc1cc(NC(=O)C(=O)N2C[C@@H](C)N(C(=O)C(C)(C)N(C)C)C[C@@H]2c2ccccc2)cnc1N. The van der Waals surface area contributed by atoms with Crippen LogP contribution in [-0.4, -0.2) is 76.2 Å². The highest BCUT2D eigenvalue weighted by atomic mass is 16.2. The average Bonchev–Trinajstić information content (AvgIpc) is 2.80. The van der Waals surface area contributed by atoms with Crippen LogP contribution < -0.4 is 11.1 Å². The summed E-state index contributed by atoms with van der Waals surface area (Å²) in [5.74, 6) is -1.07. The maximum atomic E-state index is 13.4. The molecule has 0 aliphatic carbocycles. The van der Waals surface area contributed by atoms with Gasteiger partial charge in [-0.05, 0) is 59.0 Å². The van der Waals surface area contributed by atoms with Gasteiger partial charge in [0.2, 0.25) is 5.91 Å². The van der Waals surface area contributed by atoms with Crippen molar-refractivity contribution in [1.82, 2.24) is 19.7 Å². The largest absolute Gasteiger partial charge is 0.383 e. The molecule has 1 fully saturated rings. The van der Waals surface area contributed by atoms with Crippen LogP contribution in [0.15, 0.2) is 42.6 Å². The predicted molar refractivity (Wildman–Crippen MR) is 132 cm³/mol. The molecule has 34 heavy (non-hydrogen) atoms. The van der Waals surface area contributed by atoms with E-state index < -0.39 is 23.4 Å². The number of pyridine rings is 1. The summed E-state index contributed by atoms with van der Waals surface area (Å²) >= 11 is 0. The number of likely N-dealkylation sites (N-methyl/N-ethyl adjacent to an activating group) is 1. The summed E-state index contributed by atoms with van der Waals surface area (Å²) < 4.78 is 0. The number of aromatic nitrogens is 1. The van der Waals surface area contributed by atoms with Gasteiger partial charge in [-0.25, -0.2) is 4.98 Å². The van der Waals surface area contributed by atoms with Crippen molar-refractivity contribution in [2.45, 2.75) is 45.3 Å². The van der Waals surface area contributed by atoms with Gasteiger partial charge in [-0.15, -0.1) is 0 Å². The second-order valence-corrected chi connectivity index (χ2v) is 9.52. The number of rotatable bonds is 4. The number of piperazine rings is 1. The molecule has 1 aromatic carbocycles. The quantitative estimate of drug-likeness (QED) is 0.667. The van der Waals surface area contributed by atoms with Crippen LogP contribution in [0.25, 0.3) is 0 Å². The van der Waals surface area contributed by atoms with Crippen molar-refractivity contribution >= 4 is 29.2 Å². The topological polar surface area (TPSA) is 112 Å². The lowest BCUT2D eigenvalue weighted by molar-refractivity contribution is -0.155. The smallest absolute Gasteiger partial charge is 0.313 e. The molecule has 0 saturated carbocycles. The molecule has 2 atom stereocenters. The Morgan fingerprint density at radius 1 is 1.12 bits per heavy atom. The van der Waals surface area contributed by atoms with E-state index >= 15 is 0 Å². The molecule has 182 valence electrons. The molecular weight excluding hydrogens is 432 g/mol. The number of hydrogen-bond acceptors (Lipinski definition) is 6. The van der Waals surface area contributed by atoms with Crippen LogP contribution in [0.2, 0.25) is 0 Å². The van der Waals surface area contributed by atoms with Crippen LogP contribution in [0, 0.1) is 6.92 Å². The molecule has 1 saturated heterocycles. The summed E-state index contributed by atoms with van der Waals surface area (Å²) in [6.45, 7) is 7.97. The van der Waals surface area contributed by atoms with E-state index in [-0.39, 0.29) is 18.5 Å². The molecule has 2 aromatic rings. The highest BCUT2D eigenvalue weighted by Crippen LogP contribution is 2.30. The fourth-order valence-corrected chi connectivity index (χ4v) is 3.95. The zero-order valence-corrected chi connectivity index (χ0v) is 20.7. The van der Waals surface area contributed by atoms with Crippen LogP contribution in [0.4, 0.5) is 11.5 Å². The molecule has 1 aromatic heterocycles. The van der Waals surface area contributed by atoms with Gasteiger partial charge >= 0.3 is 11.8 Å². The first-order valence-electron chi connectivity index (χ1n) is 11.3. The number of nitrogens with two attached hydrogens (primary N) is 1. The lowest BCUT2D eigenvalue weighted by atomic mass is 9.95. The number of benzene rings is 1. The maximum absolute atomic E-state index is 13.4. The molecule has 2 heterocycles. The highest BCUT2D eigenvalue weighted by Gasteiger charge is 2.43. The number of amides is 3. The molecule has 0 spiro atoms. The fourth-order valence-electron chi connectivity index (χ4n) is 3.95. The standard InChI is InChI=1S/C25H34N6O3/c1-16-12-19(13-27-21(16)26)28-22(32)23(33)31-14-17(2)30(24(34)25(3,4)29(5)6)15-20(31)18-10-8-7-9-11-18/h7-13,17,20H,14-15H2,1-6H3,(H2,26,27)(H,28,32)/t17-,20-/m1/s1. The van der Waals surface area contributed by atoms with E-state index in [9.17, 15) is 14.4 Å². The summed E-state index contributed by atoms with van der Waals surface area (Å²) in [5.41, 5.74) is 7.00. The number of carbonyl (C=O) groups excluding carboxylic acids is 3. The number of nitrogens with zero attached hydrogens (tertiary/aromatic N) is 4. The summed E-state index contributed by atoms with van der Waals surface area (Å²) in [5, 5.41) is 2.63. The first-order valence-corrected chi connectivity index (χ1v) is 11.3. The van der Waals surface area contributed by atoms with Gasteiger partial charge in [0, 0.05) is 19.1 Å². The van der Waals surface area contributed by atoms with Gasteiger partial charge in [0.25, 0.3) is 0 Å². The van der Waals surface area contributed by atoms with Crippen molar-refractivity contribution < 1.29 is 14.4 Å². The van der Waals surface area contributed by atoms with E-state index in [0.717, 1.165) is 5.56 Å². The summed E-state index contributed by atoms with van der Waals surface area (Å²) in [7, 11) is 3.74. The first kappa shape index (κ1) is 25.2. The minimum absolute atomic E-state index is 0.0223. The Bertz CT molecular complexity index is 1070. The Morgan fingerprint density at radius 2 is 1.76 bits per heavy atom. The van der Waals surface area contributed by atoms with Crippen molar-refractivity contribution in [2.75, 3.05) is 38.2 Å². The van der Waals surface area contributed by atoms with Crippen LogP contribution in [0.3, 0.4) is 0 Å². The molecule has 9 heteroatoms. The number of nitrogen functional groups attached to an aromatic ring is 1. The Kier molecular flexibility index (Phi) is 7.26.